The highest BCUT2D eigenvalue weighted by atomic mass is 16.5. The molecule has 6 heteroatoms. The topological polar surface area (TPSA) is 71.4 Å². The Morgan fingerprint density at radius 2 is 2.05 bits per heavy atom. The second-order valence-electron chi connectivity index (χ2n) is 6.31. The molecule has 0 atom stereocenters. The van der Waals surface area contributed by atoms with E-state index in [-0.39, 0.29) is 0 Å². The second kappa shape index (κ2) is 6.20. The molecule has 1 saturated heterocycles. The van der Waals surface area contributed by atoms with Gasteiger partial charge in [-0.3, -0.25) is 4.90 Å². The minimum atomic E-state index is -0.549. The first-order valence-corrected chi connectivity index (χ1v) is 7.44. The van der Waals surface area contributed by atoms with Crippen LogP contribution in [0.2, 0.25) is 0 Å². The summed E-state index contributed by atoms with van der Waals surface area (Å²) in [6.45, 7) is 10.2. The van der Waals surface area contributed by atoms with E-state index in [1.807, 2.05) is 13.8 Å². The summed E-state index contributed by atoms with van der Waals surface area (Å²) in [5.74, 6) is 1.22. The maximum absolute atomic E-state index is 5.97. The number of aromatic nitrogens is 2. The monoisotopic (exact) mass is 281 g/mol. The largest absolute Gasteiger partial charge is 0.338 e. The number of piperidine rings is 1. The number of hydrogen-bond acceptors (Lipinski definition) is 6. The molecule has 2 N–H and O–H groups in total. The van der Waals surface area contributed by atoms with Crippen LogP contribution in [0.3, 0.4) is 0 Å². The van der Waals surface area contributed by atoms with Crippen LogP contribution in [0.4, 0.5) is 0 Å². The van der Waals surface area contributed by atoms with Crippen molar-refractivity contribution in [3.63, 3.8) is 0 Å². The van der Waals surface area contributed by atoms with Crippen LogP contribution in [0, 0.1) is 0 Å². The molecule has 0 unspecified atom stereocenters. The van der Waals surface area contributed by atoms with Crippen LogP contribution in [0.5, 0.6) is 0 Å². The average Bonchev–Trinajstić information content (AvgIpc) is 2.87. The first-order chi connectivity index (χ1) is 9.40. The molecule has 20 heavy (non-hydrogen) atoms. The van der Waals surface area contributed by atoms with E-state index in [1.165, 1.54) is 25.9 Å². The van der Waals surface area contributed by atoms with E-state index in [0.717, 1.165) is 6.54 Å². The zero-order valence-electron chi connectivity index (χ0n) is 13.1. The second-order valence-corrected chi connectivity index (χ2v) is 6.31. The summed E-state index contributed by atoms with van der Waals surface area (Å²) < 4.78 is 5.30. The van der Waals surface area contributed by atoms with Crippen molar-refractivity contribution in [2.24, 2.45) is 5.73 Å². The van der Waals surface area contributed by atoms with Crippen LogP contribution in [-0.4, -0.2) is 52.7 Å². The van der Waals surface area contributed by atoms with Crippen LogP contribution >= 0.6 is 0 Å². The Labute approximate surface area is 121 Å². The number of nitrogens with zero attached hydrogens (tertiary/aromatic N) is 4. The fourth-order valence-electron chi connectivity index (χ4n) is 2.60. The van der Waals surface area contributed by atoms with Gasteiger partial charge in [-0.25, -0.2) is 0 Å². The van der Waals surface area contributed by atoms with Crippen molar-refractivity contribution >= 4 is 0 Å². The van der Waals surface area contributed by atoms with Gasteiger partial charge in [-0.1, -0.05) is 12.1 Å². The number of nitrogens with two attached hydrogens (primary N) is 1. The zero-order valence-corrected chi connectivity index (χ0v) is 13.1. The van der Waals surface area contributed by atoms with Crippen LogP contribution in [0.25, 0.3) is 0 Å². The van der Waals surface area contributed by atoms with Crippen molar-refractivity contribution in [2.75, 3.05) is 26.7 Å². The summed E-state index contributed by atoms with van der Waals surface area (Å²) in [4.78, 5) is 9.20. The molecular weight excluding hydrogens is 254 g/mol. The molecule has 2 rings (SSSR count). The highest BCUT2D eigenvalue weighted by Gasteiger charge is 2.25. The molecule has 0 aliphatic carbocycles. The number of rotatable bonds is 5. The van der Waals surface area contributed by atoms with E-state index in [0.29, 0.717) is 24.3 Å². The van der Waals surface area contributed by atoms with Crippen molar-refractivity contribution in [2.45, 2.75) is 51.7 Å². The summed E-state index contributed by atoms with van der Waals surface area (Å²) in [7, 11) is 2.13. The van der Waals surface area contributed by atoms with Gasteiger partial charge < -0.3 is 15.2 Å². The maximum Gasteiger partial charge on any atom is 0.240 e. The van der Waals surface area contributed by atoms with Gasteiger partial charge in [0.05, 0.1) is 12.1 Å². The zero-order chi connectivity index (χ0) is 14.8. The third kappa shape index (κ3) is 3.77. The Kier molecular flexibility index (Phi) is 4.78. The smallest absolute Gasteiger partial charge is 0.240 e. The summed E-state index contributed by atoms with van der Waals surface area (Å²) in [6, 6.07) is 0.596. The Morgan fingerprint density at radius 1 is 1.40 bits per heavy atom. The van der Waals surface area contributed by atoms with Gasteiger partial charge in [-0.2, -0.15) is 4.98 Å². The molecule has 0 radical (unpaired) electrons. The normalized spacial score (nSPS) is 18.9. The van der Waals surface area contributed by atoms with Crippen LogP contribution in [0.15, 0.2) is 4.52 Å². The molecule has 0 amide bonds. The number of likely N-dealkylation sites (tertiary alicyclic amines) is 1. The summed E-state index contributed by atoms with van der Waals surface area (Å²) >= 11 is 0. The minimum absolute atomic E-state index is 0.549. The molecule has 1 aliphatic heterocycles. The standard InChI is InChI=1S/C14H27N5O/c1-5-19-8-6-11(7-9-19)18(4)10-12-16-13(17-20-12)14(2,3)15/h11H,5-10,15H2,1-4H3. The lowest BCUT2D eigenvalue weighted by Crippen LogP contribution is -2.42. The Hall–Kier alpha value is -0.980. The van der Waals surface area contributed by atoms with Crippen LogP contribution in [0.1, 0.15) is 45.3 Å². The van der Waals surface area contributed by atoms with Crippen molar-refractivity contribution in [1.82, 2.24) is 19.9 Å². The molecule has 1 aromatic rings. The minimum Gasteiger partial charge on any atom is -0.338 e. The molecule has 1 fully saturated rings. The van der Waals surface area contributed by atoms with Gasteiger partial charge >= 0.3 is 0 Å². The van der Waals surface area contributed by atoms with Gasteiger partial charge in [0.15, 0.2) is 5.82 Å². The van der Waals surface area contributed by atoms with E-state index in [9.17, 15) is 0 Å². The molecule has 1 aromatic heterocycles. The van der Waals surface area contributed by atoms with Crippen LogP contribution in [-0.2, 0) is 12.1 Å². The lowest BCUT2D eigenvalue weighted by atomic mass is 10.0. The van der Waals surface area contributed by atoms with E-state index in [2.05, 4.69) is 33.9 Å². The molecule has 2 heterocycles. The van der Waals surface area contributed by atoms with Crippen molar-refractivity contribution in [3.8, 4) is 0 Å². The summed E-state index contributed by atoms with van der Waals surface area (Å²) in [5.41, 5.74) is 5.42. The Balaban J connectivity index is 1.88. The highest BCUT2D eigenvalue weighted by molar-refractivity contribution is 4.99. The van der Waals surface area contributed by atoms with E-state index >= 15 is 0 Å². The molecule has 0 aromatic carbocycles. The first-order valence-electron chi connectivity index (χ1n) is 7.44. The quantitative estimate of drug-likeness (QED) is 0.874. The molecule has 6 nitrogen and oxygen atoms in total. The molecule has 1 aliphatic rings. The highest BCUT2D eigenvalue weighted by Crippen LogP contribution is 2.18. The number of hydrogen-bond donors (Lipinski definition) is 1. The van der Waals surface area contributed by atoms with Crippen LogP contribution < -0.4 is 5.73 Å². The predicted molar refractivity (Wildman–Crippen MR) is 78.1 cm³/mol. The lowest BCUT2D eigenvalue weighted by molar-refractivity contribution is 0.118. The first kappa shape index (κ1) is 15.4. The third-order valence-electron chi connectivity index (χ3n) is 4.06. The van der Waals surface area contributed by atoms with Gasteiger partial charge in [-0.05, 0) is 53.4 Å². The SMILES string of the molecule is CCN1CCC(N(C)Cc2nc(C(C)(C)N)no2)CC1. The average molecular weight is 281 g/mol. The third-order valence-corrected chi connectivity index (χ3v) is 4.06. The molecular formula is C14H27N5O. The van der Waals surface area contributed by atoms with E-state index in [4.69, 9.17) is 10.3 Å². The molecule has 0 spiro atoms. The lowest BCUT2D eigenvalue weighted by Gasteiger charge is -2.35. The predicted octanol–water partition coefficient (Wildman–Crippen LogP) is 1.18. The van der Waals surface area contributed by atoms with Crippen molar-refractivity contribution in [3.05, 3.63) is 11.7 Å². The summed E-state index contributed by atoms with van der Waals surface area (Å²) in [5, 5.41) is 3.96. The van der Waals surface area contributed by atoms with E-state index < -0.39 is 5.54 Å². The van der Waals surface area contributed by atoms with Crippen molar-refractivity contribution in [1.29, 1.82) is 0 Å². The van der Waals surface area contributed by atoms with Crippen molar-refractivity contribution < 1.29 is 4.52 Å². The van der Waals surface area contributed by atoms with Gasteiger partial charge in [0.2, 0.25) is 5.89 Å². The fourth-order valence-corrected chi connectivity index (χ4v) is 2.60. The molecule has 114 valence electrons. The Bertz CT molecular complexity index is 417. The Morgan fingerprint density at radius 3 is 2.55 bits per heavy atom. The van der Waals surface area contributed by atoms with Gasteiger partial charge in [0, 0.05) is 6.04 Å². The maximum atomic E-state index is 5.97. The molecule has 0 saturated carbocycles. The van der Waals surface area contributed by atoms with Gasteiger partial charge in [-0.15, -0.1) is 0 Å². The van der Waals surface area contributed by atoms with E-state index in [1.54, 1.807) is 0 Å². The van der Waals surface area contributed by atoms with Gasteiger partial charge in [0.25, 0.3) is 0 Å². The summed E-state index contributed by atoms with van der Waals surface area (Å²) in [6.07, 6.45) is 2.40. The van der Waals surface area contributed by atoms with Gasteiger partial charge in [0.1, 0.15) is 0 Å². The fraction of sp³-hybridized carbons (Fsp3) is 0.857. The molecule has 0 bridgehead atoms.